The summed E-state index contributed by atoms with van der Waals surface area (Å²) in [5.74, 6) is 0. The predicted molar refractivity (Wildman–Crippen MR) is 0.686 cm³/mol. The summed E-state index contributed by atoms with van der Waals surface area (Å²) in [6.45, 7) is 0. The first kappa shape index (κ1) is 111. The molecule has 0 N–H and O–H groups in total. The van der Waals surface area contributed by atoms with Crippen molar-refractivity contribution in [2.75, 3.05) is 0 Å². The van der Waals surface area contributed by atoms with Gasteiger partial charge in [-0.25, -0.2) is 0 Å². The van der Waals surface area contributed by atoms with Gasteiger partial charge < -0.3 is 55.1 Å². The van der Waals surface area contributed by atoms with Crippen LogP contribution in [0.2, 0.25) is 0 Å². The second kappa shape index (κ2) is 70.2. The molecule has 0 atom stereocenters. The molecular formula is Cl4MoO-6. The van der Waals surface area contributed by atoms with Crippen LogP contribution in [0.1, 0.15) is 0 Å². The summed E-state index contributed by atoms with van der Waals surface area (Å²) in [4.78, 5) is 0. The van der Waals surface area contributed by atoms with E-state index in [1.165, 1.54) is 0 Å². The molecule has 46 valence electrons. The fraction of sp³-hybridized carbons (Fsp3) is 0. The molecule has 0 fully saturated rings. The van der Waals surface area contributed by atoms with E-state index in [-0.39, 0.29) is 76.2 Å². The molecule has 0 saturated heterocycles. The molecule has 0 aromatic heterocycles. The molecule has 0 heterocycles. The van der Waals surface area contributed by atoms with Crippen molar-refractivity contribution in [2.45, 2.75) is 0 Å². The van der Waals surface area contributed by atoms with E-state index < -0.39 is 0 Å². The third kappa shape index (κ3) is 41.1. The predicted octanol–water partition coefficient (Wildman–Crippen LogP) is -12.1. The van der Waals surface area contributed by atoms with Gasteiger partial charge in [-0.2, -0.15) is 0 Å². The van der Waals surface area contributed by atoms with Crippen molar-refractivity contribution >= 4 is 0 Å². The van der Waals surface area contributed by atoms with Crippen LogP contribution in [-0.2, 0) is 26.5 Å². The summed E-state index contributed by atoms with van der Waals surface area (Å²) < 4.78 is 0. The van der Waals surface area contributed by atoms with E-state index in [0.29, 0.717) is 0 Å². The van der Waals surface area contributed by atoms with Crippen LogP contribution < -0.4 is 49.6 Å². The Bertz CT molecular complexity index is 7.51. The van der Waals surface area contributed by atoms with Gasteiger partial charge in [0.2, 0.25) is 0 Å². The molecule has 6 heteroatoms. The summed E-state index contributed by atoms with van der Waals surface area (Å²) >= 11 is 0. The average Bonchev–Trinajstić information content (AvgIpc) is 0. The number of rotatable bonds is 0. The zero-order chi connectivity index (χ0) is 0. The van der Waals surface area contributed by atoms with E-state index >= 15 is 0 Å². The molecule has 0 rings (SSSR count). The van der Waals surface area contributed by atoms with Gasteiger partial charge in [-0.3, -0.25) is 0 Å². The SMILES string of the molecule is [Cl-].[Cl-].[Cl-].[Cl-].[Mo].[O-2]. The van der Waals surface area contributed by atoms with Crippen LogP contribution in [0.15, 0.2) is 0 Å². The van der Waals surface area contributed by atoms with E-state index in [1.54, 1.807) is 0 Å². The Morgan fingerprint density at radius 2 is 0.500 bits per heavy atom. The van der Waals surface area contributed by atoms with Crippen molar-refractivity contribution in [1.29, 1.82) is 0 Å². The first-order valence-corrected chi connectivity index (χ1v) is 0. The molecule has 0 aliphatic rings. The van der Waals surface area contributed by atoms with Crippen molar-refractivity contribution < 1.29 is 76.2 Å². The maximum Gasteiger partial charge on any atom is 0 e. The summed E-state index contributed by atoms with van der Waals surface area (Å²) in [5.41, 5.74) is 0. The molecule has 0 radical (unpaired) electrons. The van der Waals surface area contributed by atoms with Crippen LogP contribution in [0.4, 0.5) is 0 Å². The van der Waals surface area contributed by atoms with E-state index in [2.05, 4.69) is 0 Å². The van der Waals surface area contributed by atoms with Crippen molar-refractivity contribution in [1.82, 2.24) is 0 Å². The quantitative estimate of drug-likeness (QED) is 0.384. The Balaban J connectivity index is 0. The van der Waals surface area contributed by atoms with Crippen molar-refractivity contribution in [3.8, 4) is 0 Å². The Kier molecular flexibility index (Phi) is 1300. The molecular weight excluding hydrogens is 254 g/mol. The molecule has 0 aromatic rings. The zero-order valence-electron chi connectivity index (χ0n) is 2.33. The first-order chi connectivity index (χ1) is 0. The topological polar surface area (TPSA) is 28.5 Å². The van der Waals surface area contributed by atoms with E-state index in [9.17, 15) is 0 Å². The van der Waals surface area contributed by atoms with Gasteiger partial charge >= 0.3 is 0 Å². The first-order valence-electron chi connectivity index (χ1n) is 0. The van der Waals surface area contributed by atoms with Gasteiger partial charge in [0.05, 0.1) is 0 Å². The molecule has 0 aromatic carbocycles. The van der Waals surface area contributed by atoms with Gasteiger partial charge in [0.25, 0.3) is 0 Å². The van der Waals surface area contributed by atoms with Crippen molar-refractivity contribution in [3.63, 3.8) is 0 Å². The molecule has 6 heavy (non-hydrogen) atoms. The van der Waals surface area contributed by atoms with Crippen LogP contribution >= 0.6 is 0 Å². The van der Waals surface area contributed by atoms with Gasteiger partial charge in [0.1, 0.15) is 0 Å². The normalized spacial score (nSPS) is 0. The average molecular weight is 254 g/mol. The Morgan fingerprint density at radius 1 is 0.500 bits per heavy atom. The molecule has 0 unspecified atom stereocenters. The standard InChI is InChI=1S/4ClH.Mo.O/h4*1H;;/q;;;;;-2/p-4. The largest absolute Gasteiger partial charge is 2.00 e. The molecule has 0 bridgehead atoms. The van der Waals surface area contributed by atoms with Gasteiger partial charge in [-0.1, -0.05) is 0 Å². The van der Waals surface area contributed by atoms with Gasteiger partial charge in [-0.05, 0) is 0 Å². The molecule has 0 saturated carbocycles. The Hall–Kier alpha value is 1.81. The fourth-order valence-electron chi connectivity index (χ4n) is 0. The van der Waals surface area contributed by atoms with Crippen LogP contribution in [0, 0.1) is 0 Å². The smallest absolute Gasteiger partial charge is 0 e. The summed E-state index contributed by atoms with van der Waals surface area (Å²) in [6, 6.07) is 0. The third-order valence-electron chi connectivity index (χ3n) is 0. The van der Waals surface area contributed by atoms with E-state index in [0.717, 1.165) is 0 Å². The van der Waals surface area contributed by atoms with Gasteiger partial charge in [-0.15, -0.1) is 0 Å². The zero-order valence-corrected chi connectivity index (χ0v) is 7.36. The number of hydrogen-bond acceptors (Lipinski definition) is 0. The summed E-state index contributed by atoms with van der Waals surface area (Å²) in [5, 5.41) is 0. The van der Waals surface area contributed by atoms with Crippen molar-refractivity contribution in [3.05, 3.63) is 0 Å². The fourth-order valence-corrected chi connectivity index (χ4v) is 0. The van der Waals surface area contributed by atoms with Crippen LogP contribution in [-0.4, -0.2) is 0 Å². The molecule has 0 aliphatic carbocycles. The van der Waals surface area contributed by atoms with Crippen LogP contribution in [0.25, 0.3) is 0 Å². The Morgan fingerprint density at radius 3 is 0.500 bits per heavy atom. The van der Waals surface area contributed by atoms with Gasteiger partial charge in [0, 0.05) is 21.1 Å². The monoisotopic (exact) mass is 254 g/mol. The second-order valence-electron chi connectivity index (χ2n) is 0. The maximum absolute atomic E-state index is 0. The minimum atomic E-state index is 0. The Labute approximate surface area is 75.8 Å². The second-order valence-corrected chi connectivity index (χ2v) is 0. The van der Waals surface area contributed by atoms with Crippen molar-refractivity contribution in [2.24, 2.45) is 0 Å². The third-order valence-corrected chi connectivity index (χ3v) is 0. The molecule has 1 nitrogen and oxygen atoms in total. The maximum atomic E-state index is 0. The minimum Gasteiger partial charge on any atom is -2.00 e. The van der Waals surface area contributed by atoms with E-state index in [4.69, 9.17) is 0 Å². The molecule has 0 spiro atoms. The van der Waals surface area contributed by atoms with Crippen LogP contribution in [0.5, 0.6) is 0 Å². The number of hydrogen-bond donors (Lipinski definition) is 0. The summed E-state index contributed by atoms with van der Waals surface area (Å²) in [6.07, 6.45) is 0. The van der Waals surface area contributed by atoms with Crippen LogP contribution in [0.3, 0.4) is 0 Å². The minimum absolute atomic E-state index is 0. The van der Waals surface area contributed by atoms with E-state index in [1.807, 2.05) is 0 Å². The number of halogens is 4. The summed E-state index contributed by atoms with van der Waals surface area (Å²) in [7, 11) is 0. The molecule has 0 aliphatic heterocycles. The van der Waals surface area contributed by atoms with Gasteiger partial charge in [0.15, 0.2) is 0 Å². The molecule has 0 amide bonds.